The Morgan fingerprint density at radius 1 is 1.26 bits per heavy atom. The maximum atomic E-state index is 13.0. The van der Waals surface area contributed by atoms with E-state index in [1.165, 1.54) is 18.2 Å². The third-order valence-corrected chi connectivity index (χ3v) is 6.70. The van der Waals surface area contributed by atoms with Gasteiger partial charge in [0.25, 0.3) is 0 Å². The number of carbonyl (C=O) groups excluding carboxylic acids is 1. The summed E-state index contributed by atoms with van der Waals surface area (Å²) in [5.41, 5.74) is 0.840. The second-order valence-electron chi connectivity index (χ2n) is 7.27. The van der Waals surface area contributed by atoms with E-state index in [4.69, 9.17) is 21.1 Å². The first-order valence-electron chi connectivity index (χ1n) is 10.3. The van der Waals surface area contributed by atoms with E-state index < -0.39 is 22.0 Å². The van der Waals surface area contributed by atoms with E-state index in [0.29, 0.717) is 25.5 Å². The van der Waals surface area contributed by atoms with Crippen LogP contribution in [-0.2, 0) is 26.0 Å². The van der Waals surface area contributed by atoms with Crippen LogP contribution in [0.2, 0.25) is 5.02 Å². The molecule has 3 rings (SSSR count). The maximum Gasteiger partial charge on any atom is 0.241 e. The van der Waals surface area contributed by atoms with Gasteiger partial charge in [0.2, 0.25) is 15.9 Å². The Labute approximate surface area is 188 Å². The number of ether oxygens (including phenoxy) is 2. The lowest BCUT2D eigenvalue weighted by Gasteiger charge is -2.20. The summed E-state index contributed by atoms with van der Waals surface area (Å²) < 4.78 is 39.4. The highest BCUT2D eigenvalue weighted by atomic mass is 35.5. The molecule has 7 nitrogen and oxygen atoms in total. The lowest BCUT2D eigenvalue weighted by Crippen LogP contribution is -2.49. The molecule has 2 N–H and O–H groups in total. The largest absolute Gasteiger partial charge is 0.492 e. The van der Waals surface area contributed by atoms with E-state index in [1.807, 2.05) is 37.3 Å². The van der Waals surface area contributed by atoms with Crippen LogP contribution in [0.25, 0.3) is 0 Å². The van der Waals surface area contributed by atoms with Crippen LogP contribution in [0.4, 0.5) is 0 Å². The van der Waals surface area contributed by atoms with Crippen molar-refractivity contribution in [2.24, 2.45) is 0 Å². The minimum Gasteiger partial charge on any atom is -0.492 e. The van der Waals surface area contributed by atoms with Crippen molar-refractivity contribution >= 4 is 27.5 Å². The van der Waals surface area contributed by atoms with Crippen LogP contribution < -0.4 is 14.8 Å². The number of nitrogens with one attached hydrogen (secondary N) is 2. The molecule has 0 unspecified atom stereocenters. The Balaban J connectivity index is 1.77. The van der Waals surface area contributed by atoms with Crippen LogP contribution in [0.5, 0.6) is 5.75 Å². The maximum absolute atomic E-state index is 13.0. The molecular weight excluding hydrogens is 440 g/mol. The summed E-state index contributed by atoms with van der Waals surface area (Å²) in [6.07, 6.45) is 2.00. The lowest BCUT2D eigenvalue weighted by atomic mass is 10.1. The van der Waals surface area contributed by atoms with Crippen molar-refractivity contribution in [1.29, 1.82) is 0 Å². The van der Waals surface area contributed by atoms with Gasteiger partial charge in [0.05, 0.1) is 22.6 Å². The third-order valence-electron chi connectivity index (χ3n) is 4.94. The Hall–Kier alpha value is -2.13. The van der Waals surface area contributed by atoms with Crippen molar-refractivity contribution in [2.45, 2.75) is 43.2 Å². The summed E-state index contributed by atoms with van der Waals surface area (Å²) in [7, 11) is -4.00. The fourth-order valence-electron chi connectivity index (χ4n) is 3.36. The minimum atomic E-state index is -4.00. The van der Waals surface area contributed by atoms with E-state index >= 15 is 0 Å². The van der Waals surface area contributed by atoms with Crippen molar-refractivity contribution in [3.63, 3.8) is 0 Å². The van der Waals surface area contributed by atoms with Gasteiger partial charge in [0.15, 0.2) is 0 Å². The molecule has 9 heteroatoms. The number of sulfonamides is 1. The predicted molar refractivity (Wildman–Crippen MR) is 119 cm³/mol. The van der Waals surface area contributed by atoms with Crippen LogP contribution in [-0.4, -0.2) is 46.2 Å². The molecule has 0 spiro atoms. The van der Waals surface area contributed by atoms with E-state index in [9.17, 15) is 13.2 Å². The average Bonchev–Trinajstić information content (AvgIpc) is 3.27. The second kappa shape index (κ2) is 10.9. The van der Waals surface area contributed by atoms with Gasteiger partial charge in [0, 0.05) is 13.2 Å². The van der Waals surface area contributed by atoms with Crippen LogP contribution >= 0.6 is 11.6 Å². The molecule has 1 aliphatic heterocycles. The predicted octanol–water partition coefficient (Wildman–Crippen LogP) is 2.92. The van der Waals surface area contributed by atoms with Crippen LogP contribution in [0.1, 0.15) is 25.3 Å². The molecule has 0 saturated carbocycles. The van der Waals surface area contributed by atoms with Gasteiger partial charge in [-0.25, -0.2) is 8.42 Å². The van der Waals surface area contributed by atoms with Crippen molar-refractivity contribution in [1.82, 2.24) is 10.0 Å². The van der Waals surface area contributed by atoms with Crippen molar-refractivity contribution in [3.05, 3.63) is 59.1 Å². The summed E-state index contributed by atoms with van der Waals surface area (Å²) in [6, 6.07) is 12.5. The zero-order chi connectivity index (χ0) is 22.3. The van der Waals surface area contributed by atoms with Crippen molar-refractivity contribution < 1.29 is 22.7 Å². The van der Waals surface area contributed by atoms with E-state index in [2.05, 4.69) is 10.0 Å². The second-order valence-corrected chi connectivity index (χ2v) is 9.39. The summed E-state index contributed by atoms with van der Waals surface area (Å²) in [4.78, 5) is 12.8. The van der Waals surface area contributed by atoms with Gasteiger partial charge in [-0.15, -0.1) is 0 Å². The fraction of sp³-hybridized carbons (Fsp3) is 0.409. The average molecular weight is 467 g/mol. The van der Waals surface area contributed by atoms with E-state index in [0.717, 1.165) is 18.4 Å². The van der Waals surface area contributed by atoms with Crippen molar-refractivity contribution in [2.75, 3.05) is 19.8 Å². The van der Waals surface area contributed by atoms with Crippen LogP contribution in [0.3, 0.4) is 0 Å². The van der Waals surface area contributed by atoms with Gasteiger partial charge < -0.3 is 14.8 Å². The first-order valence-corrected chi connectivity index (χ1v) is 12.1. The number of halogens is 1. The summed E-state index contributed by atoms with van der Waals surface area (Å²) >= 11 is 6.16. The summed E-state index contributed by atoms with van der Waals surface area (Å²) in [6.45, 7) is 3.25. The molecule has 168 valence electrons. The van der Waals surface area contributed by atoms with Crippen molar-refractivity contribution in [3.8, 4) is 5.75 Å². The van der Waals surface area contributed by atoms with Gasteiger partial charge in [0.1, 0.15) is 11.8 Å². The molecule has 1 saturated heterocycles. The Bertz CT molecular complexity index is 979. The Morgan fingerprint density at radius 3 is 2.68 bits per heavy atom. The summed E-state index contributed by atoms with van der Waals surface area (Å²) in [5.74, 6) is -0.00165. The first-order chi connectivity index (χ1) is 14.9. The molecule has 0 aromatic heterocycles. The zero-order valence-electron chi connectivity index (χ0n) is 17.3. The van der Waals surface area contributed by atoms with Crippen LogP contribution in [0.15, 0.2) is 53.4 Å². The van der Waals surface area contributed by atoms with Gasteiger partial charge in [-0.05, 0) is 49.9 Å². The number of amides is 1. The van der Waals surface area contributed by atoms with Crippen LogP contribution in [0, 0.1) is 0 Å². The Kier molecular flexibility index (Phi) is 8.31. The zero-order valence-corrected chi connectivity index (χ0v) is 18.9. The topological polar surface area (TPSA) is 93.7 Å². The molecule has 1 heterocycles. The monoisotopic (exact) mass is 466 g/mol. The van der Waals surface area contributed by atoms with Gasteiger partial charge in [-0.3, -0.25) is 4.79 Å². The molecule has 2 atom stereocenters. The molecule has 2 aromatic carbocycles. The molecular formula is C22H27ClN2O5S. The SMILES string of the molecule is CCOc1ccc(S(=O)(=O)N[C@@H](Cc2ccccc2)C(=O)NC[C@@H]2CCCO2)cc1Cl. The molecule has 1 fully saturated rings. The smallest absolute Gasteiger partial charge is 0.241 e. The summed E-state index contributed by atoms with van der Waals surface area (Å²) in [5, 5.41) is 3.01. The highest BCUT2D eigenvalue weighted by Gasteiger charge is 2.27. The highest BCUT2D eigenvalue weighted by Crippen LogP contribution is 2.27. The van der Waals surface area contributed by atoms with Gasteiger partial charge in [-0.1, -0.05) is 41.9 Å². The number of hydrogen-bond acceptors (Lipinski definition) is 5. The molecule has 2 aromatic rings. The molecule has 0 radical (unpaired) electrons. The Morgan fingerprint density at radius 2 is 2.03 bits per heavy atom. The molecule has 0 bridgehead atoms. The minimum absolute atomic E-state index is 0.0362. The normalized spacial score (nSPS) is 17.3. The number of hydrogen-bond donors (Lipinski definition) is 2. The number of benzene rings is 2. The first kappa shape index (κ1) is 23.5. The van der Waals surface area contributed by atoms with Gasteiger partial charge >= 0.3 is 0 Å². The lowest BCUT2D eigenvalue weighted by molar-refractivity contribution is -0.123. The fourth-order valence-corrected chi connectivity index (χ4v) is 4.88. The van der Waals surface area contributed by atoms with Gasteiger partial charge in [-0.2, -0.15) is 4.72 Å². The number of rotatable bonds is 10. The molecule has 0 aliphatic carbocycles. The number of carbonyl (C=O) groups is 1. The molecule has 31 heavy (non-hydrogen) atoms. The quantitative estimate of drug-likeness (QED) is 0.561. The molecule has 1 aliphatic rings. The van der Waals surface area contributed by atoms with E-state index in [1.54, 1.807) is 0 Å². The standard InChI is InChI=1S/C22H27ClN2O5S/c1-2-29-21-11-10-18(14-19(21)23)31(27,28)25-20(13-16-7-4-3-5-8-16)22(26)24-15-17-9-6-12-30-17/h3-5,7-8,10-11,14,17,20,25H,2,6,9,12-13,15H2,1H3,(H,24,26)/t17-,20-/m0/s1. The molecule has 1 amide bonds. The highest BCUT2D eigenvalue weighted by molar-refractivity contribution is 7.89. The third kappa shape index (κ3) is 6.67. The van der Waals surface area contributed by atoms with E-state index in [-0.39, 0.29) is 22.4 Å².